The second-order valence-corrected chi connectivity index (χ2v) is 6.32. The number of anilines is 1. The third-order valence-corrected chi connectivity index (χ3v) is 4.24. The van der Waals surface area contributed by atoms with Crippen LogP contribution in [0.5, 0.6) is 0 Å². The molecule has 0 bridgehead atoms. The molecule has 2 rings (SSSR count). The van der Waals surface area contributed by atoms with E-state index in [1.165, 1.54) is 0 Å². The zero-order chi connectivity index (χ0) is 15.4. The van der Waals surface area contributed by atoms with Crippen LogP contribution >= 0.6 is 31.9 Å². The van der Waals surface area contributed by atoms with Gasteiger partial charge in [0, 0.05) is 35.8 Å². The van der Waals surface area contributed by atoms with Crippen LogP contribution in [0.2, 0.25) is 0 Å². The van der Waals surface area contributed by atoms with Crippen molar-refractivity contribution >= 4 is 43.6 Å². The number of benzene rings is 1. The number of nitrogens with zero attached hydrogens (tertiary/aromatic N) is 2. The Labute approximate surface area is 140 Å². The van der Waals surface area contributed by atoms with Gasteiger partial charge in [0.05, 0.1) is 5.56 Å². The molecule has 1 aromatic carbocycles. The molecule has 4 nitrogen and oxygen atoms in total. The Morgan fingerprint density at radius 2 is 2.05 bits per heavy atom. The number of carbonyl (C=O) groups is 1. The standard InChI is InChI=1S/C15H15Br2N3O/c1-18-14-12(7-11(16)8-19-14)15(21)20(2)9-10-5-3-4-6-13(10)17/h3-8H,9H2,1-2H3,(H,18,19). The molecule has 1 N–H and O–H groups in total. The van der Waals surface area contributed by atoms with Crippen LogP contribution < -0.4 is 5.32 Å². The summed E-state index contributed by atoms with van der Waals surface area (Å²) < 4.78 is 1.77. The molecule has 0 aliphatic carbocycles. The number of hydrogen-bond donors (Lipinski definition) is 1. The van der Waals surface area contributed by atoms with Crippen molar-refractivity contribution in [3.8, 4) is 0 Å². The molecule has 6 heteroatoms. The number of hydrogen-bond acceptors (Lipinski definition) is 3. The van der Waals surface area contributed by atoms with E-state index in [0.717, 1.165) is 14.5 Å². The van der Waals surface area contributed by atoms with Crippen molar-refractivity contribution in [2.75, 3.05) is 19.4 Å². The van der Waals surface area contributed by atoms with Crippen LogP contribution in [-0.2, 0) is 6.54 Å². The fourth-order valence-corrected chi connectivity index (χ4v) is 2.70. The normalized spacial score (nSPS) is 10.3. The molecule has 21 heavy (non-hydrogen) atoms. The molecule has 0 aliphatic heterocycles. The lowest BCUT2D eigenvalue weighted by Crippen LogP contribution is -2.27. The van der Waals surface area contributed by atoms with E-state index in [1.54, 1.807) is 31.3 Å². The lowest BCUT2D eigenvalue weighted by molar-refractivity contribution is 0.0785. The zero-order valence-corrected chi connectivity index (χ0v) is 14.9. The van der Waals surface area contributed by atoms with Crippen LogP contribution in [0.15, 0.2) is 45.5 Å². The average molecular weight is 413 g/mol. The topological polar surface area (TPSA) is 45.2 Å². The highest BCUT2D eigenvalue weighted by atomic mass is 79.9. The van der Waals surface area contributed by atoms with Gasteiger partial charge in [-0.25, -0.2) is 4.98 Å². The van der Waals surface area contributed by atoms with Crippen LogP contribution in [-0.4, -0.2) is 29.9 Å². The van der Waals surface area contributed by atoms with Gasteiger partial charge in [0.15, 0.2) is 0 Å². The van der Waals surface area contributed by atoms with Crippen LogP contribution in [0.3, 0.4) is 0 Å². The first kappa shape index (κ1) is 16.0. The third-order valence-electron chi connectivity index (χ3n) is 3.03. The minimum absolute atomic E-state index is 0.0797. The van der Waals surface area contributed by atoms with Gasteiger partial charge in [-0.1, -0.05) is 34.1 Å². The van der Waals surface area contributed by atoms with Crippen LogP contribution in [0.25, 0.3) is 0 Å². The summed E-state index contributed by atoms with van der Waals surface area (Å²) in [5.74, 6) is 0.492. The number of nitrogens with one attached hydrogen (secondary N) is 1. The number of pyridine rings is 1. The predicted octanol–water partition coefficient (Wildman–Crippen LogP) is 3.92. The Kier molecular flexibility index (Phi) is 5.36. The molecule has 0 saturated carbocycles. The number of amides is 1. The minimum Gasteiger partial charge on any atom is -0.372 e. The first-order chi connectivity index (χ1) is 10.0. The molecule has 110 valence electrons. The van der Waals surface area contributed by atoms with Gasteiger partial charge in [-0.05, 0) is 33.6 Å². The van der Waals surface area contributed by atoms with Gasteiger partial charge in [0.1, 0.15) is 5.82 Å². The summed E-state index contributed by atoms with van der Waals surface area (Å²) in [6, 6.07) is 9.64. The van der Waals surface area contributed by atoms with Crippen LogP contribution in [0.1, 0.15) is 15.9 Å². The molecular formula is C15H15Br2N3O. The molecule has 0 saturated heterocycles. The summed E-state index contributed by atoms with van der Waals surface area (Å²) in [7, 11) is 3.53. The third kappa shape index (κ3) is 3.83. The summed E-state index contributed by atoms with van der Waals surface area (Å²) in [5, 5.41) is 2.95. The van der Waals surface area contributed by atoms with Gasteiger partial charge in [0.2, 0.25) is 0 Å². The van der Waals surface area contributed by atoms with Crippen LogP contribution in [0, 0.1) is 0 Å². The molecule has 0 fully saturated rings. The molecule has 1 aromatic heterocycles. The van der Waals surface area contributed by atoms with Crippen molar-refractivity contribution in [3.05, 3.63) is 56.6 Å². The molecule has 0 radical (unpaired) electrons. The Morgan fingerprint density at radius 3 is 2.71 bits per heavy atom. The molecule has 0 atom stereocenters. The smallest absolute Gasteiger partial charge is 0.257 e. The SMILES string of the molecule is CNc1ncc(Br)cc1C(=O)N(C)Cc1ccccc1Br. The summed E-state index contributed by atoms with van der Waals surface area (Å²) in [6.07, 6.45) is 1.66. The fraction of sp³-hybridized carbons (Fsp3) is 0.200. The predicted molar refractivity (Wildman–Crippen MR) is 91.4 cm³/mol. The quantitative estimate of drug-likeness (QED) is 0.827. The van der Waals surface area contributed by atoms with E-state index in [0.29, 0.717) is 17.9 Å². The molecule has 1 heterocycles. The van der Waals surface area contributed by atoms with Crippen molar-refractivity contribution in [1.29, 1.82) is 0 Å². The van der Waals surface area contributed by atoms with E-state index < -0.39 is 0 Å². The Hall–Kier alpha value is -1.40. The lowest BCUT2D eigenvalue weighted by Gasteiger charge is -2.19. The first-order valence-electron chi connectivity index (χ1n) is 6.35. The largest absolute Gasteiger partial charge is 0.372 e. The Balaban J connectivity index is 2.24. The van der Waals surface area contributed by atoms with E-state index >= 15 is 0 Å². The van der Waals surface area contributed by atoms with Gasteiger partial charge in [0.25, 0.3) is 5.91 Å². The molecule has 0 spiro atoms. The number of aromatic nitrogens is 1. The van der Waals surface area contributed by atoms with Gasteiger partial charge >= 0.3 is 0 Å². The van der Waals surface area contributed by atoms with Crippen LogP contribution in [0.4, 0.5) is 5.82 Å². The number of carbonyl (C=O) groups excluding carboxylic acids is 1. The van der Waals surface area contributed by atoms with E-state index in [9.17, 15) is 4.79 Å². The summed E-state index contributed by atoms with van der Waals surface area (Å²) >= 11 is 6.85. The van der Waals surface area contributed by atoms with Crippen molar-refractivity contribution in [3.63, 3.8) is 0 Å². The van der Waals surface area contributed by atoms with Gasteiger partial charge < -0.3 is 10.2 Å². The summed E-state index contributed by atoms with van der Waals surface area (Å²) in [4.78, 5) is 18.5. The highest BCUT2D eigenvalue weighted by Crippen LogP contribution is 2.22. The van der Waals surface area contributed by atoms with Gasteiger partial charge in [-0.3, -0.25) is 4.79 Å². The number of halogens is 2. The van der Waals surface area contributed by atoms with Crippen molar-refractivity contribution in [2.24, 2.45) is 0 Å². The lowest BCUT2D eigenvalue weighted by atomic mass is 10.2. The molecular weight excluding hydrogens is 398 g/mol. The minimum atomic E-state index is -0.0797. The highest BCUT2D eigenvalue weighted by Gasteiger charge is 2.17. The van der Waals surface area contributed by atoms with Crippen molar-refractivity contribution in [2.45, 2.75) is 6.54 Å². The maximum Gasteiger partial charge on any atom is 0.257 e. The molecule has 0 unspecified atom stereocenters. The summed E-state index contributed by atoms with van der Waals surface area (Å²) in [6.45, 7) is 0.524. The zero-order valence-electron chi connectivity index (χ0n) is 11.7. The second kappa shape index (κ2) is 7.04. The van der Waals surface area contributed by atoms with E-state index in [2.05, 4.69) is 42.2 Å². The van der Waals surface area contributed by atoms with E-state index in [-0.39, 0.29) is 5.91 Å². The van der Waals surface area contributed by atoms with E-state index in [1.807, 2.05) is 24.3 Å². The van der Waals surface area contributed by atoms with Gasteiger partial charge in [-0.2, -0.15) is 0 Å². The average Bonchev–Trinajstić information content (AvgIpc) is 2.48. The Morgan fingerprint density at radius 1 is 1.33 bits per heavy atom. The molecule has 2 aromatic rings. The van der Waals surface area contributed by atoms with Crippen molar-refractivity contribution < 1.29 is 4.79 Å². The molecule has 0 aliphatic rings. The summed E-state index contributed by atoms with van der Waals surface area (Å²) in [5.41, 5.74) is 1.60. The Bertz CT molecular complexity index is 661. The monoisotopic (exact) mass is 411 g/mol. The fourth-order valence-electron chi connectivity index (χ4n) is 1.96. The maximum atomic E-state index is 12.6. The van der Waals surface area contributed by atoms with Gasteiger partial charge in [-0.15, -0.1) is 0 Å². The second-order valence-electron chi connectivity index (χ2n) is 4.55. The maximum absolute atomic E-state index is 12.6. The van der Waals surface area contributed by atoms with Crippen molar-refractivity contribution in [1.82, 2.24) is 9.88 Å². The number of rotatable bonds is 4. The molecule has 1 amide bonds. The van der Waals surface area contributed by atoms with E-state index in [4.69, 9.17) is 0 Å². The highest BCUT2D eigenvalue weighted by molar-refractivity contribution is 9.10. The first-order valence-corrected chi connectivity index (χ1v) is 7.93.